The molecule has 3 rings (SSSR count). The maximum Gasteiger partial charge on any atom is 0.318 e. The van der Waals surface area contributed by atoms with E-state index in [1.54, 1.807) is 12.2 Å². The number of carbonyl (C=O) groups is 3. The molecule has 1 saturated heterocycles. The minimum Gasteiger partial charge on any atom is -0.465 e. The van der Waals surface area contributed by atoms with Crippen molar-refractivity contribution in [2.45, 2.75) is 59.2 Å². The van der Waals surface area contributed by atoms with Crippen molar-refractivity contribution in [3.8, 4) is 0 Å². The Hall–Kier alpha value is -2.44. The predicted molar refractivity (Wildman–Crippen MR) is 120 cm³/mol. The number of Topliss-reactive ketones (excluding diaryl/α,β-unsaturated/α-hetero) is 2. The highest BCUT2D eigenvalue weighted by Crippen LogP contribution is 2.52. The SMILES string of the molecule is CCC(C)C=C(C)C=CC1=CC2=C(Cl)C(=O)C3(C)OC(=O)C(C(=O)CC(C)O)C3C2=CO1. The minimum absolute atomic E-state index is 0.0625. The second-order valence-corrected chi connectivity index (χ2v) is 9.30. The highest BCUT2D eigenvalue weighted by atomic mass is 35.5. The molecule has 32 heavy (non-hydrogen) atoms. The number of hydrogen-bond acceptors (Lipinski definition) is 6. The number of fused-ring (bicyclic) bond motifs is 3. The Morgan fingerprint density at radius 3 is 2.66 bits per heavy atom. The van der Waals surface area contributed by atoms with Crippen LogP contribution in [0.4, 0.5) is 0 Å². The van der Waals surface area contributed by atoms with Crippen molar-refractivity contribution in [3.05, 3.63) is 58.1 Å². The van der Waals surface area contributed by atoms with E-state index >= 15 is 0 Å². The number of hydrogen-bond donors (Lipinski definition) is 1. The van der Waals surface area contributed by atoms with Gasteiger partial charge >= 0.3 is 5.97 Å². The molecule has 6 nitrogen and oxygen atoms in total. The quantitative estimate of drug-likeness (QED) is 0.346. The van der Waals surface area contributed by atoms with Crippen LogP contribution < -0.4 is 0 Å². The lowest BCUT2D eigenvalue weighted by Gasteiger charge is -2.36. The van der Waals surface area contributed by atoms with E-state index in [1.807, 2.05) is 13.0 Å². The summed E-state index contributed by atoms with van der Waals surface area (Å²) in [6, 6.07) is 0. The van der Waals surface area contributed by atoms with Gasteiger partial charge < -0.3 is 14.6 Å². The van der Waals surface area contributed by atoms with Gasteiger partial charge in [-0.2, -0.15) is 0 Å². The van der Waals surface area contributed by atoms with Gasteiger partial charge in [-0.05, 0) is 38.8 Å². The van der Waals surface area contributed by atoms with Gasteiger partial charge in [0.25, 0.3) is 0 Å². The molecular formula is C25H29ClO6. The fourth-order valence-electron chi connectivity index (χ4n) is 4.34. The van der Waals surface area contributed by atoms with E-state index in [2.05, 4.69) is 19.9 Å². The molecule has 7 heteroatoms. The third-order valence-electron chi connectivity index (χ3n) is 6.18. The van der Waals surface area contributed by atoms with E-state index in [0.717, 1.165) is 12.0 Å². The Bertz CT molecular complexity index is 996. The van der Waals surface area contributed by atoms with Crippen molar-refractivity contribution in [3.63, 3.8) is 0 Å². The third kappa shape index (κ3) is 4.39. The molecule has 3 aliphatic rings. The topological polar surface area (TPSA) is 89.9 Å². The fourth-order valence-corrected chi connectivity index (χ4v) is 4.69. The molecule has 0 aromatic heterocycles. The summed E-state index contributed by atoms with van der Waals surface area (Å²) < 4.78 is 11.2. The molecule has 0 radical (unpaired) electrons. The first kappa shape index (κ1) is 24.2. The number of ketones is 2. The first-order valence-corrected chi connectivity index (χ1v) is 11.2. The number of aliphatic hydroxyl groups excluding tert-OH is 1. The van der Waals surface area contributed by atoms with Crippen LogP contribution in [0.25, 0.3) is 0 Å². The largest absolute Gasteiger partial charge is 0.465 e. The second-order valence-electron chi connectivity index (χ2n) is 8.93. The summed E-state index contributed by atoms with van der Waals surface area (Å²) >= 11 is 6.41. The molecular weight excluding hydrogens is 432 g/mol. The Morgan fingerprint density at radius 1 is 1.34 bits per heavy atom. The Morgan fingerprint density at radius 2 is 2.03 bits per heavy atom. The van der Waals surface area contributed by atoms with Gasteiger partial charge in [-0.25, -0.2) is 0 Å². The Balaban J connectivity index is 1.97. The van der Waals surface area contributed by atoms with Gasteiger partial charge in [-0.15, -0.1) is 0 Å². The average Bonchev–Trinajstić information content (AvgIpc) is 3.01. The summed E-state index contributed by atoms with van der Waals surface area (Å²) in [5.41, 5.74) is 0.366. The molecule has 172 valence electrons. The molecule has 0 amide bonds. The summed E-state index contributed by atoms with van der Waals surface area (Å²) in [6.07, 6.45) is 8.83. The molecule has 1 N–H and O–H groups in total. The maximum absolute atomic E-state index is 13.1. The van der Waals surface area contributed by atoms with Crippen molar-refractivity contribution in [1.29, 1.82) is 0 Å². The van der Waals surface area contributed by atoms with E-state index in [1.165, 1.54) is 20.1 Å². The monoisotopic (exact) mass is 460 g/mol. The van der Waals surface area contributed by atoms with E-state index in [4.69, 9.17) is 21.1 Å². The van der Waals surface area contributed by atoms with Crippen molar-refractivity contribution in [2.75, 3.05) is 0 Å². The average molecular weight is 461 g/mol. The summed E-state index contributed by atoms with van der Waals surface area (Å²) in [5.74, 6) is -2.97. The van der Waals surface area contributed by atoms with Gasteiger partial charge in [-0.3, -0.25) is 14.4 Å². The number of rotatable bonds is 7. The fraction of sp³-hybridized carbons (Fsp3) is 0.480. The minimum atomic E-state index is -1.59. The molecule has 5 unspecified atom stereocenters. The molecule has 0 aromatic carbocycles. The van der Waals surface area contributed by atoms with Gasteiger partial charge in [0.15, 0.2) is 5.60 Å². The van der Waals surface area contributed by atoms with Crippen LogP contribution in [-0.4, -0.2) is 34.3 Å². The lowest BCUT2D eigenvalue weighted by Crippen LogP contribution is -2.48. The van der Waals surface area contributed by atoms with Crippen LogP contribution >= 0.6 is 11.6 Å². The highest BCUT2D eigenvalue weighted by molar-refractivity contribution is 6.45. The van der Waals surface area contributed by atoms with E-state index < -0.39 is 41.1 Å². The molecule has 0 spiro atoms. The third-order valence-corrected chi connectivity index (χ3v) is 6.56. The van der Waals surface area contributed by atoms with Crippen LogP contribution in [0.5, 0.6) is 0 Å². The number of halogens is 1. The molecule has 1 fully saturated rings. The summed E-state index contributed by atoms with van der Waals surface area (Å²) in [7, 11) is 0. The van der Waals surface area contributed by atoms with E-state index in [9.17, 15) is 19.5 Å². The number of ether oxygens (including phenoxy) is 2. The molecule has 2 aliphatic heterocycles. The zero-order valence-electron chi connectivity index (χ0n) is 19.0. The van der Waals surface area contributed by atoms with Crippen LogP contribution in [-0.2, 0) is 23.9 Å². The van der Waals surface area contributed by atoms with Gasteiger partial charge in [0.1, 0.15) is 17.5 Å². The van der Waals surface area contributed by atoms with Gasteiger partial charge in [-0.1, -0.05) is 49.6 Å². The van der Waals surface area contributed by atoms with Gasteiger partial charge in [0.05, 0.1) is 23.3 Å². The van der Waals surface area contributed by atoms with Crippen LogP contribution in [0, 0.1) is 17.8 Å². The van der Waals surface area contributed by atoms with Crippen molar-refractivity contribution in [2.24, 2.45) is 17.8 Å². The summed E-state index contributed by atoms with van der Waals surface area (Å²) in [4.78, 5) is 38.5. The predicted octanol–water partition coefficient (Wildman–Crippen LogP) is 4.30. The lowest BCUT2D eigenvalue weighted by molar-refractivity contribution is -0.156. The number of allylic oxidation sites excluding steroid dienone is 6. The van der Waals surface area contributed by atoms with Gasteiger partial charge in [0.2, 0.25) is 5.78 Å². The normalized spacial score (nSPS) is 29.7. The lowest BCUT2D eigenvalue weighted by atomic mass is 9.67. The van der Waals surface area contributed by atoms with Crippen LogP contribution in [0.2, 0.25) is 0 Å². The molecule has 1 aliphatic carbocycles. The highest BCUT2D eigenvalue weighted by Gasteiger charge is 2.64. The van der Waals surface area contributed by atoms with Crippen LogP contribution in [0.1, 0.15) is 47.5 Å². The van der Waals surface area contributed by atoms with Crippen molar-refractivity contribution in [1.82, 2.24) is 0 Å². The number of carbonyl (C=O) groups excluding carboxylic acids is 3. The standard InChI is InChI=1S/C25H29ClO6/c1-6-13(2)9-14(3)7-8-16-11-17-18(12-31-16)21-20(19(28)10-15(4)27)24(30)32-25(21,5)23(29)22(17)26/h7-9,11-13,15,20-21,27H,6,10H2,1-5H3. The van der Waals surface area contributed by atoms with Crippen molar-refractivity contribution < 1.29 is 29.0 Å². The first-order chi connectivity index (χ1) is 15.0. The molecule has 0 aromatic rings. The smallest absolute Gasteiger partial charge is 0.318 e. The summed E-state index contributed by atoms with van der Waals surface area (Å²) in [5, 5.41) is 9.57. The van der Waals surface area contributed by atoms with E-state index in [-0.39, 0.29) is 11.5 Å². The molecule has 2 heterocycles. The zero-order chi connectivity index (χ0) is 23.8. The van der Waals surface area contributed by atoms with Crippen LogP contribution in [0.15, 0.2) is 58.1 Å². The molecule has 0 bridgehead atoms. The molecule has 5 atom stereocenters. The number of esters is 1. The van der Waals surface area contributed by atoms with E-state index in [0.29, 0.717) is 22.8 Å². The Kier molecular flexibility index (Phi) is 6.96. The number of aliphatic hydroxyl groups is 1. The maximum atomic E-state index is 13.1. The summed E-state index contributed by atoms with van der Waals surface area (Å²) in [6.45, 7) is 9.19. The molecule has 0 saturated carbocycles. The van der Waals surface area contributed by atoms with Crippen molar-refractivity contribution >= 4 is 29.1 Å². The van der Waals surface area contributed by atoms with Gasteiger partial charge in [0, 0.05) is 17.6 Å². The Labute approximate surface area is 193 Å². The first-order valence-electron chi connectivity index (χ1n) is 10.8. The zero-order valence-corrected chi connectivity index (χ0v) is 19.7. The van der Waals surface area contributed by atoms with Crippen LogP contribution in [0.3, 0.4) is 0 Å². The second kappa shape index (κ2) is 9.20.